The molecule has 4 aliphatic rings. The van der Waals surface area contributed by atoms with Gasteiger partial charge in [-0.3, -0.25) is 4.79 Å². The standard InChI is InChI=1S/C20H27N3O3/c1-2-26-18-9-6-16(7-10-18)21-20(25)22-12-15-5-8-17(13-22)23(19(15)24)11-14-3-4-14/h6-7,9-10,14-15,17H,2-5,8,11-13H2,1H3,(H,21,25). The Kier molecular flexibility index (Phi) is 4.74. The summed E-state index contributed by atoms with van der Waals surface area (Å²) in [6.45, 7) is 4.61. The van der Waals surface area contributed by atoms with Gasteiger partial charge in [-0.2, -0.15) is 0 Å². The maximum Gasteiger partial charge on any atom is 0.321 e. The van der Waals surface area contributed by atoms with E-state index < -0.39 is 0 Å². The molecule has 1 aliphatic carbocycles. The van der Waals surface area contributed by atoms with Gasteiger partial charge in [0, 0.05) is 31.4 Å². The van der Waals surface area contributed by atoms with E-state index in [2.05, 4.69) is 10.2 Å². The van der Waals surface area contributed by atoms with Gasteiger partial charge >= 0.3 is 6.03 Å². The summed E-state index contributed by atoms with van der Waals surface area (Å²) in [5.41, 5.74) is 0.746. The van der Waals surface area contributed by atoms with Crippen LogP contribution in [0.3, 0.4) is 0 Å². The molecule has 3 amide bonds. The second-order valence-electron chi connectivity index (χ2n) is 7.65. The van der Waals surface area contributed by atoms with Crippen molar-refractivity contribution in [2.75, 3.05) is 31.6 Å². The molecule has 3 saturated heterocycles. The minimum atomic E-state index is -0.118. The minimum Gasteiger partial charge on any atom is -0.494 e. The first-order valence-corrected chi connectivity index (χ1v) is 9.73. The zero-order chi connectivity index (χ0) is 18.1. The van der Waals surface area contributed by atoms with Gasteiger partial charge < -0.3 is 19.9 Å². The van der Waals surface area contributed by atoms with Crippen LogP contribution < -0.4 is 10.1 Å². The Morgan fingerprint density at radius 2 is 1.92 bits per heavy atom. The molecule has 3 heterocycles. The molecule has 0 aromatic heterocycles. The van der Waals surface area contributed by atoms with Crippen molar-refractivity contribution in [2.45, 2.75) is 38.6 Å². The molecule has 2 unspecified atom stereocenters. The lowest BCUT2D eigenvalue weighted by Gasteiger charge is -2.36. The van der Waals surface area contributed by atoms with Crippen LogP contribution in [0.2, 0.25) is 0 Å². The van der Waals surface area contributed by atoms with Crippen LogP contribution in [0.25, 0.3) is 0 Å². The fraction of sp³-hybridized carbons (Fsp3) is 0.600. The molecule has 26 heavy (non-hydrogen) atoms. The van der Waals surface area contributed by atoms with E-state index in [0.717, 1.165) is 30.8 Å². The number of nitrogens with one attached hydrogen (secondary N) is 1. The number of urea groups is 1. The maximum atomic E-state index is 12.8. The zero-order valence-electron chi connectivity index (χ0n) is 15.3. The van der Waals surface area contributed by atoms with Crippen LogP contribution >= 0.6 is 0 Å². The Morgan fingerprint density at radius 3 is 2.62 bits per heavy atom. The lowest BCUT2D eigenvalue weighted by atomic mass is 9.94. The third kappa shape index (κ3) is 3.64. The largest absolute Gasteiger partial charge is 0.494 e. The van der Waals surface area contributed by atoms with Crippen molar-refractivity contribution in [3.05, 3.63) is 24.3 Å². The van der Waals surface area contributed by atoms with Gasteiger partial charge in [-0.15, -0.1) is 0 Å². The maximum absolute atomic E-state index is 12.8. The molecule has 140 valence electrons. The van der Waals surface area contributed by atoms with Gasteiger partial charge in [0.15, 0.2) is 0 Å². The molecule has 3 aliphatic heterocycles. The van der Waals surface area contributed by atoms with E-state index in [9.17, 15) is 9.59 Å². The summed E-state index contributed by atoms with van der Waals surface area (Å²) in [4.78, 5) is 29.4. The predicted molar refractivity (Wildman–Crippen MR) is 99.2 cm³/mol. The number of piperidine rings is 1. The molecule has 0 radical (unpaired) electrons. The summed E-state index contributed by atoms with van der Waals surface area (Å²) in [6.07, 6.45) is 4.39. The van der Waals surface area contributed by atoms with Crippen molar-refractivity contribution in [2.24, 2.45) is 11.8 Å². The van der Waals surface area contributed by atoms with Crippen LogP contribution in [0.15, 0.2) is 24.3 Å². The fourth-order valence-electron chi connectivity index (χ4n) is 4.03. The summed E-state index contributed by atoms with van der Waals surface area (Å²) in [7, 11) is 0. The second kappa shape index (κ2) is 7.17. The number of amides is 3. The molecular weight excluding hydrogens is 330 g/mol. The number of hydrogen-bond acceptors (Lipinski definition) is 3. The quantitative estimate of drug-likeness (QED) is 0.881. The Balaban J connectivity index is 1.41. The summed E-state index contributed by atoms with van der Waals surface area (Å²) in [6, 6.07) is 7.46. The van der Waals surface area contributed by atoms with Crippen LogP contribution in [0, 0.1) is 11.8 Å². The Bertz CT molecular complexity index is 671. The number of nitrogens with zero attached hydrogens (tertiary/aromatic N) is 2. The van der Waals surface area contributed by atoms with Gasteiger partial charge in [0.25, 0.3) is 0 Å². The van der Waals surface area contributed by atoms with Crippen LogP contribution in [-0.2, 0) is 4.79 Å². The zero-order valence-corrected chi connectivity index (χ0v) is 15.3. The first kappa shape index (κ1) is 17.2. The average molecular weight is 357 g/mol. The van der Waals surface area contributed by atoms with E-state index in [4.69, 9.17) is 4.74 Å². The number of rotatable bonds is 5. The van der Waals surface area contributed by atoms with Crippen molar-refractivity contribution in [1.29, 1.82) is 0 Å². The number of anilines is 1. The number of carbonyl (C=O) groups is 2. The molecule has 6 nitrogen and oxygen atoms in total. The van der Waals surface area contributed by atoms with E-state index in [1.54, 1.807) is 0 Å². The SMILES string of the molecule is CCOc1ccc(NC(=O)N2CC3CCC(C2)N(CC2CC2)C3=O)cc1. The molecule has 5 rings (SSSR count). The third-order valence-corrected chi connectivity index (χ3v) is 5.65. The van der Waals surface area contributed by atoms with E-state index in [0.29, 0.717) is 25.6 Å². The van der Waals surface area contributed by atoms with Crippen LogP contribution in [0.1, 0.15) is 32.6 Å². The summed E-state index contributed by atoms with van der Waals surface area (Å²) >= 11 is 0. The molecule has 1 aromatic carbocycles. The van der Waals surface area contributed by atoms with Crippen molar-refractivity contribution >= 4 is 17.6 Å². The third-order valence-electron chi connectivity index (χ3n) is 5.65. The molecule has 1 aromatic rings. The monoisotopic (exact) mass is 357 g/mol. The molecule has 0 spiro atoms. The van der Waals surface area contributed by atoms with Gasteiger partial charge in [0.1, 0.15) is 5.75 Å². The Labute approximate surface area is 154 Å². The smallest absolute Gasteiger partial charge is 0.321 e. The highest BCUT2D eigenvalue weighted by Crippen LogP contribution is 2.35. The highest BCUT2D eigenvalue weighted by atomic mass is 16.5. The van der Waals surface area contributed by atoms with Crippen molar-refractivity contribution in [1.82, 2.24) is 9.80 Å². The van der Waals surface area contributed by atoms with E-state index in [1.165, 1.54) is 12.8 Å². The van der Waals surface area contributed by atoms with Gasteiger partial charge in [0.2, 0.25) is 5.91 Å². The topological polar surface area (TPSA) is 61.9 Å². The van der Waals surface area contributed by atoms with Crippen LogP contribution in [-0.4, -0.2) is 54.0 Å². The number of hydrogen-bond donors (Lipinski definition) is 1. The van der Waals surface area contributed by atoms with Crippen LogP contribution in [0.5, 0.6) is 5.75 Å². The number of fused-ring (bicyclic) bond motifs is 4. The van der Waals surface area contributed by atoms with Crippen molar-refractivity contribution in [3.63, 3.8) is 0 Å². The van der Waals surface area contributed by atoms with Crippen LogP contribution in [0.4, 0.5) is 10.5 Å². The average Bonchev–Trinajstić information content (AvgIpc) is 3.47. The van der Waals surface area contributed by atoms with E-state index in [-0.39, 0.29) is 23.9 Å². The summed E-state index contributed by atoms with van der Waals surface area (Å²) < 4.78 is 5.43. The molecular formula is C20H27N3O3. The van der Waals surface area contributed by atoms with Gasteiger partial charge in [-0.05, 0) is 62.8 Å². The number of benzene rings is 1. The van der Waals surface area contributed by atoms with Crippen molar-refractivity contribution < 1.29 is 14.3 Å². The van der Waals surface area contributed by atoms with Crippen molar-refractivity contribution in [3.8, 4) is 5.75 Å². The number of ether oxygens (including phenoxy) is 1. The molecule has 4 fully saturated rings. The normalized spacial score (nSPS) is 25.2. The molecule has 2 atom stereocenters. The predicted octanol–water partition coefficient (Wildman–Crippen LogP) is 2.95. The Morgan fingerprint density at radius 1 is 1.15 bits per heavy atom. The molecule has 1 saturated carbocycles. The summed E-state index contributed by atoms with van der Waals surface area (Å²) in [5.74, 6) is 1.69. The number of carbonyl (C=O) groups excluding carboxylic acids is 2. The lowest BCUT2D eigenvalue weighted by Crippen LogP contribution is -2.49. The molecule has 2 bridgehead atoms. The lowest BCUT2D eigenvalue weighted by molar-refractivity contribution is -0.140. The minimum absolute atomic E-state index is 0.0430. The van der Waals surface area contributed by atoms with Gasteiger partial charge in [0.05, 0.1) is 12.5 Å². The van der Waals surface area contributed by atoms with E-state index in [1.807, 2.05) is 36.1 Å². The summed E-state index contributed by atoms with van der Waals surface area (Å²) in [5, 5.41) is 2.96. The highest BCUT2D eigenvalue weighted by Gasteiger charge is 2.43. The molecule has 6 heteroatoms. The Hall–Kier alpha value is -2.24. The van der Waals surface area contributed by atoms with Gasteiger partial charge in [-0.1, -0.05) is 0 Å². The molecule has 1 N–H and O–H groups in total. The first-order chi connectivity index (χ1) is 12.6. The second-order valence-corrected chi connectivity index (χ2v) is 7.65. The van der Waals surface area contributed by atoms with E-state index >= 15 is 0 Å². The first-order valence-electron chi connectivity index (χ1n) is 9.73. The fourth-order valence-corrected chi connectivity index (χ4v) is 4.03. The highest BCUT2D eigenvalue weighted by molar-refractivity contribution is 5.90. The van der Waals surface area contributed by atoms with Gasteiger partial charge in [-0.25, -0.2) is 4.79 Å².